The van der Waals surface area contributed by atoms with Crippen LogP contribution in [0.15, 0.2) is 24.3 Å². The van der Waals surface area contributed by atoms with Crippen molar-refractivity contribution in [3.63, 3.8) is 0 Å². The molecule has 1 aromatic heterocycles. The van der Waals surface area contributed by atoms with Crippen LogP contribution in [-0.4, -0.2) is 29.7 Å². The Morgan fingerprint density at radius 3 is 2.76 bits per heavy atom. The molecule has 2 aromatic rings. The van der Waals surface area contributed by atoms with Crippen molar-refractivity contribution in [3.8, 4) is 0 Å². The minimum absolute atomic E-state index is 0.150. The SMILES string of the molecule is CCS(=O)(=O)CCCC(NN)c1nn(C)c2ccccc12. The highest BCUT2D eigenvalue weighted by atomic mass is 32.2. The van der Waals surface area contributed by atoms with Crippen LogP contribution in [0.25, 0.3) is 10.9 Å². The number of para-hydroxylation sites is 1. The minimum atomic E-state index is -2.94. The van der Waals surface area contributed by atoms with Gasteiger partial charge in [0.15, 0.2) is 0 Å². The van der Waals surface area contributed by atoms with Gasteiger partial charge in [0, 0.05) is 18.2 Å². The number of fused-ring (bicyclic) bond motifs is 1. The fourth-order valence-corrected chi connectivity index (χ4v) is 3.35. The lowest BCUT2D eigenvalue weighted by molar-refractivity contribution is 0.493. The molecule has 21 heavy (non-hydrogen) atoms. The van der Waals surface area contributed by atoms with Crippen LogP contribution >= 0.6 is 0 Å². The monoisotopic (exact) mass is 310 g/mol. The molecular weight excluding hydrogens is 288 g/mol. The standard InChI is InChI=1S/C14H22N4O2S/c1-3-21(19,20)10-6-8-12(16-15)14-11-7-4-5-9-13(11)18(2)17-14/h4-5,7,9,12,16H,3,6,8,10,15H2,1-2H3. The van der Waals surface area contributed by atoms with Crippen LogP contribution in [0.1, 0.15) is 31.5 Å². The van der Waals surface area contributed by atoms with E-state index in [0.29, 0.717) is 12.8 Å². The summed E-state index contributed by atoms with van der Waals surface area (Å²) in [6.07, 6.45) is 1.20. The smallest absolute Gasteiger partial charge is 0.150 e. The number of aromatic nitrogens is 2. The van der Waals surface area contributed by atoms with Crippen LogP contribution in [0, 0.1) is 0 Å². The van der Waals surface area contributed by atoms with Gasteiger partial charge in [-0.2, -0.15) is 5.10 Å². The number of aryl methyl sites for hydroxylation is 1. The van der Waals surface area contributed by atoms with E-state index in [2.05, 4.69) is 10.5 Å². The van der Waals surface area contributed by atoms with E-state index in [0.717, 1.165) is 16.6 Å². The summed E-state index contributed by atoms with van der Waals surface area (Å²) >= 11 is 0. The second-order valence-corrected chi connectivity index (χ2v) is 7.60. The number of nitrogens with two attached hydrogens (primary N) is 1. The average molecular weight is 310 g/mol. The lowest BCUT2D eigenvalue weighted by Crippen LogP contribution is -2.29. The van der Waals surface area contributed by atoms with Gasteiger partial charge in [-0.3, -0.25) is 16.0 Å². The van der Waals surface area contributed by atoms with Crippen molar-refractivity contribution in [3.05, 3.63) is 30.0 Å². The molecule has 6 nitrogen and oxygen atoms in total. The van der Waals surface area contributed by atoms with Gasteiger partial charge in [-0.1, -0.05) is 25.1 Å². The molecule has 0 spiro atoms. The van der Waals surface area contributed by atoms with Crippen molar-refractivity contribution >= 4 is 20.7 Å². The van der Waals surface area contributed by atoms with E-state index >= 15 is 0 Å². The predicted octanol–water partition coefficient (Wildman–Crippen LogP) is 1.29. The van der Waals surface area contributed by atoms with Crippen molar-refractivity contribution < 1.29 is 8.42 Å². The Hall–Kier alpha value is -1.44. The molecule has 3 N–H and O–H groups in total. The number of hydrogen-bond acceptors (Lipinski definition) is 5. The highest BCUT2D eigenvalue weighted by Gasteiger charge is 2.18. The average Bonchev–Trinajstić information content (AvgIpc) is 2.81. The lowest BCUT2D eigenvalue weighted by atomic mass is 10.1. The molecule has 2 rings (SSSR count). The molecule has 0 aliphatic heterocycles. The van der Waals surface area contributed by atoms with Gasteiger partial charge in [-0.05, 0) is 18.9 Å². The van der Waals surface area contributed by atoms with Crippen LogP contribution in [0.3, 0.4) is 0 Å². The van der Waals surface area contributed by atoms with Crippen LogP contribution in [0.5, 0.6) is 0 Å². The normalized spacial score (nSPS) is 13.7. The number of benzene rings is 1. The van der Waals surface area contributed by atoms with E-state index in [4.69, 9.17) is 5.84 Å². The summed E-state index contributed by atoms with van der Waals surface area (Å²) in [6, 6.07) is 7.78. The molecule has 0 aliphatic carbocycles. The maximum absolute atomic E-state index is 11.6. The summed E-state index contributed by atoms with van der Waals surface area (Å²) in [5.74, 6) is 6.01. The first kappa shape index (κ1) is 15.9. The number of nitrogens with zero attached hydrogens (tertiary/aromatic N) is 2. The Bertz CT molecular complexity index is 709. The Morgan fingerprint density at radius 2 is 2.10 bits per heavy atom. The summed E-state index contributed by atoms with van der Waals surface area (Å²) < 4.78 is 24.9. The highest BCUT2D eigenvalue weighted by molar-refractivity contribution is 7.91. The highest BCUT2D eigenvalue weighted by Crippen LogP contribution is 2.25. The quantitative estimate of drug-likeness (QED) is 0.594. The van der Waals surface area contributed by atoms with E-state index in [9.17, 15) is 8.42 Å². The fraction of sp³-hybridized carbons (Fsp3) is 0.500. The summed E-state index contributed by atoms with van der Waals surface area (Å²) in [4.78, 5) is 0. The minimum Gasteiger partial charge on any atom is -0.271 e. The molecule has 0 saturated heterocycles. The maximum Gasteiger partial charge on any atom is 0.150 e. The van der Waals surface area contributed by atoms with Crippen LogP contribution in [0.4, 0.5) is 0 Å². The summed E-state index contributed by atoms with van der Waals surface area (Å²) in [5.41, 5.74) is 4.66. The van der Waals surface area contributed by atoms with E-state index in [-0.39, 0.29) is 17.5 Å². The molecule has 0 saturated carbocycles. The van der Waals surface area contributed by atoms with Crippen molar-refractivity contribution in [1.29, 1.82) is 0 Å². The fourth-order valence-electron chi connectivity index (χ4n) is 2.45. The van der Waals surface area contributed by atoms with Gasteiger partial charge in [0.25, 0.3) is 0 Å². The van der Waals surface area contributed by atoms with Crippen molar-refractivity contribution in [2.24, 2.45) is 12.9 Å². The Morgan fingerprint density at radius 1 is 1.38 bits per heavy atom. The summed E-state index contributed by atoms with van der Waals surface area (Å²) in [7, 11) is -1.05. The van der Waals surface area contributed by atoms with Gasteiger partial charge < -0.3 is 0 Å². The molecule has 1 aromatic carbocycles. The van der Waals surface area contributed by atoms with Crippen LogP contribution in [-0.2, 0) is 16.9 Å². The number of hydrogen-bond donors (Lipinski definition) is 2. The zero-order valence-electron chi connectivity index (χ0n) is 12.4. The summed E-state index contributed by atoms with van der Waals surface area (Å²) in [6.45, 7) is 1.67. The Balaban J connectivity index is 2.17. The largest absolute Gasteiger partial charge is 0.271 e. The molecule has 0 bridgehead atoms. The van der Waals surface area contributed by atoms with Gasteiger partial charge >= 0.3 is 0 Å². The van der Waals surface area contributed by atoms with Crippen molar-refractivity contribution in [1.82, 2.24) is 15.2 Å². The lowest BCUT2D eigenvalue weighted by Gasteiger charge is -2.13. The van der Waals surface area contributed by atoms with Gasteiger partial charge in [0.1, 0.15) is 9.84 Å². The Labute approximate surface area is 125 Å². The molecule has 0 amide bonds. The van der Waals surface area contributed by atoms with E-state index in [1.807, 2.05) is 36.0 Å². The first-order chi connectivity index (χ1) is 9.98. The third kappa shape index (κ3) is 3.61. The molecule has 1 atom stereocenters. The molecular formula is C14H22N4O2S. The summed E-state index contributed by atoms with van der Waals surface area (Å²) in [5, 5.41) is 5.56. The molecule has 0 radical (unpaired) electrons. The molecule has 0 fully saturated rings. The number of rotatable bonds is 7. The second kappa shape index (κ2) is 6.55. The van der Waals surface area contributed by atoms with Gasteiger partial charge in [-0.15, -0.1) is 0 Å². The first-order valence-corrected chi connectivity index (χ1v) is 8.89. The zero-order valence-corrected chi connectivity index (χ0v) is 13.2. The van der Waals surface area contributed by atoms with E-state index < -0.39 is 9.84 Å². The molecule has 1 heterocycles. The third-order valence-electron chi connectivity index (χ3n) is 3.71. The third-order valence-corrected chi connectivity index (χ3v) is 5.50. The molecule has 1 unspecified atom stereocenters. The van der Waals surface area contributed by atoms with Crippen molar-refractivity contribution in [2.75, 3.05) is 11.5 Å². The van der Waals surface area contributed by atoms with Gasteiger partial charge in [0.2, 0.25) is 0 Å². The number of sulfone groups is 1. The topological polar surface area (TPSA) is 90.0 Å². The van der Waals surface area contributed by atoms with E-state index in [1.54, 1.807) is 6.92 Å². The Kier molecular flexibility index (Phi) is 4.97. The van der Waals surface area contributed by atoms with Crippen LogP contribution in [0.2, 0.25) is 0 Å². The molecule has 116 valence electrons. The van der Waals surface area contributed by atoms with Crippen molar-refractivity contribution in [2.45, 2.75) is 25.8 Å². The predicted molar refractivity (Wildman–Crippen MR) is 84.3 cm³/mol. The molecule has 7 heteroatoms. The number of nitrogens with one attached hydrogen (secondary N) is 1. The van der Waals surface area contributed by atoms with Gasteiger partial charge in [0.05, 0.1) is 23.0 Å². The first-order valence-electron chi connectivity index (χ1n) is 7.06. The maximum atomic E-state index is 11.6. The second-order valence-electron chi connectivity index (χ2n) is 5.12. The van der Waals surface area contributed by atoms with Gasteiger partial charge in [-0.25, -0.2) is 8.42 Å². The number of hydrazine groups is 1. The van der Waals surface area contributed by atoms with Crippen LogP contribution < -0.4 is 11.3 Å². The van der Waals surface area contributed by atoms with E-state index in [1.165, 1.54) is 0 Å². The molecule has 0 aliphatic rings. The zero-order chi connectivity index (χ0) is 15.5.